The predicted molar refractivity (Wildman–Crippen MR) is 81.8 cm³/mol. The van der Waals surface area contributed by atoms with E-state index in [1.165, 1.54) is 5.56 Å². The molecule has 1 N–H and O–H groups in total. The Hall–Kier alpha value is -2.19. The van der Waals surface area contributed by atoms with Gasteiger partial charge in [-0.25, -0.2) is 4.98 Å². The molecular formula is C16H21N5. The van der Waals surface area contributed by atoms with Crippen molar-refractivity contribution >= 4 is 0 Å². The number of aromatic nitrogens is 3. The summed E-state index contributed by atoms with van der Waals surface area (Å²) >= 11 is 0. The third-order valence-corrected chi connectivity index (χ3v) is 3.58. The average Bonchev–Trinajstić information content (AvgIpc) is 2.75. The van der Waals surface area contributed by atoms with Gasteiger partial charge in [-0.2, -0.15) is 10.4 Å². The molecule has 0 saturated heterocycles. The van der Waals surface area contributed by atoms with Crippen molar-refractivity contribution in [3.8, 4) is 6.07 Å². The quantitative estimate of drug-likeness (QED) is 0.826. The van der Waals surface area contributed by atoms with Crippen molar-refractivity contribution in [3.05, 3.63) is 46.5 Å². The molecule has 0 amide bonds. The minimum Gasteiger partial charge on any atom is -0.313 e. The second-order valence-corrected chi connectivity index (χ2v) is 5.11. The first-order valence-corrected chi connectivity index (χ1v) is 7.25. The van der Waals surface area contributed by atoms with E-state index in [2.05, 4.69) is 35.3 Å². The van der Waals surface area contributed by atoms with Gasteiger partial charge < -0.3 is 5.32 Å². The van der Waals surface area contributed by atoms with Crippen LogP contribution in [0.3, 0.4) is 0 Å². The minimum atomic E-state index is 0.468. The van der Waals surface area contributed by atoms with Crippen molar-refractivity contribution in [2.75, 3.05) is 6.54 Å². The predicted octanol–water partition coefficient (Wildman–Crippen LogP) is 2.31. The molecule has 110 valence electrons. The Labute approximate surface area is 125 Å². The molecule has 0 fully saturated rings. The zero-order valence-electron chi connectivity index (χ0n) is 12.8. The maximum absolute atomic E-state index is 9.12. The van der Waals surface area contributed by atoms with Crippen LogP contribution in [0.2, 0.25) is 0 Å². The molecule has 0 aliphatic carbocycles. The van der Waals surface area contributed by atoms with Crippen LogP contribution in [0.5, 0.6) is 0 Å². The SMILES string of the molecule is CCCNCc1c(C)nn(Cc2cccnc2C#N)c1C. The van der Waals surface area contributed by atoms with Gasteiger partial charge in [-0.3, -0.25) is 4.68 Å². The summed E-state index contributed by atoms with van der Waals surface area (Å²) in [4.78, 5) is 4.10. The van der Waals surface area contributed by atoms with Gasteiger partial charge in [-0.15, -0.1) is 0 Å². The largest absolute Gasteiger partial charge is 0.313 e. The van der Waals surface area contributed by atoms with Crippen LogP contribution in [0.1, 0.15) is 41.6 Å². The third kappa shape index (κ3) is 3.47. The molecule has 0 saturated carbocycles. The number of nitriles is 1. The zero-order valence-corrected chi connectivity index (χ0v) is 12.8. The fourth-order valence-electron chi connectivity index (χ4n) is 2.36. The summed E-state index contributed by atoms with van der Waals surface area (Å²) in [7, 11) is 0. The second kappa shape index (κ2) is 7.00. The molecule has 0 aliphatic heterocycles. The van der Waals surface area contributed by atoms with Crippen LogP contribution in [0.25, 0.3) is 0 Å². The Kier molecular flexibility index (Phi) is 5.07. The number of hydrogen-bond donors (Lipinski definition) is 1. The van der Waals surface area contributed by atoms with Gasteiger partial charge in [0.1, 0.15) is 11.8 Å². The van der Waals surface area contributed by atoms with Gasteiger partial charge in [-0.1, -0.05) is 13.0 Å². The van der Waals surface area contributed by atoms with E-state index >= 15 is 0 Å². The standard InChI is InChI=1S/C16H21N5/c1-4-7-18-10-15-12(2)20-21(13(15)3)11-14-6-5-8-19-16(14)9-17/h5-6,8,18H,4,7,10-11H2,1-3H3. The summed E-state index contributed by atoms with van der Waals surface area (Å²) in [6.45, 7) is 8.68. The first kappa shape index (κ1) is 15.2. The van der Waals surface area contributed by atoms with Crippen molar-refractivity contribution in [3.63, 3.8) is 0 Å². The molecule has 21 heavy (non-hydrogen) atoms. The number of nitrogens with one attached hydrogen (secondary N) is 1. The van der Waals surface area contributed by atoms with Crippen molar-refractivity contribution in [1.29, 1.82) is 5.26 Å². The van der Waals surface area contributed by atoms with E-state index < -0.39 is 0 Å². The van der Waals surface area contributed by atoms with Gasteiger partial charge in [0.25, 0.3) is 0 Å². The first-order valence-electron chi connectivity index (χ1n) is 7.25. The third-order valence-electron chi connectivity index (χ3n) is 3.58. The lowest BCUT2D eigenvalue weighted by molar-refractivity contribution is 0.648. The summed E-state index contributed by atoms with van der Waals surface area (Å²) < 4.78 is 1.95. The van der Waals surface area contributed by atoms with E-state index in [9.17, 15) is 0 Å². The number of aryl methyl sites for hydroxylation is 1. The topological polar surface area (TPSA) is 66.5 Å². The highest BCUT2D eigenvalue weighted by atomic mass is 15.3. The normalized spacial score (nSPS) is 10.6. The molecule has 0 radical (unpaired) electrons. The molecule has 0 atom stereocenters. The van der Waals surface area contributed by atoms with Crippen molar-refractivity contribution in [2.24, 2.45) is 0 Å². The molecule has 0 aromatic carbocycles. The van der Waals surface area contributed by atoms with Crippen molar-refractivity contribution in [2.45, 2.75) is 40.3 Å². The maximum Gasteiger partial charge on any atom is 0.145 e. The lowest BCUT2D eigenvalue weighted by atomic mass is 10.2. The van der Waals surface area contributed by atoms with E-state index in [1.807, 2.05) is 23.7 Å². The summed E-state index contributed by atoms with van der Waals surface area (Å²) in [5.74, 6) is 0. The van der Waals surface area contributed by atoms with Gasteiger partial charge in [0.15, 0.2) is 0 Å². The highest BCUT2D eigenvalue weighted by molar-refractivity contribution is 5.32. The van der Waals surface area contributed by atoms with Crippen LogP contribution in [-0.4, -0.2) is 21.3 Å². The van der Waals surface area contributed by atoms with Gasteiger partial charge in [0.2, 0.25) is 0 Å². The fraction of sp³-hybridized carbons (Fsp3) is 0.438. The van der Waals surface area contributed by atoms with Crippen LogP contribution in [0, 0.1) is 25.2 Å². The molecule has 0 spiro atoms. The van der Waals surface area contributed by atoms with Crippen molar-refractivity contribution in [1.82, 2.24) is 20.1 Å². The number of pyridine rings is 1. The van der Waals surface area contributed by atoms with Gasteiger partial charge in [-0.05, 0) is 32.9 Å². The molecule has 0 unspecified atom stereocenters. The maximum atomic E-state index is 9.12. The number of hydrogen-bond acceptors (Lipinski definition) is 4. The van der Waals surface area contributed by atoms with E-state index in [0.717, 1.165) is 36.5 Å². The smallest absolute Gasteiger partial charge is 0.145 e. The Morgan fingerprint density at radius 1 is 1.38 bits per heavy atom. The van der Waals surface area contributed by atoms with E-state index in [1.54, 1.807) is 6.20 Å². The molecule has 2 aromatic rings. The molecule has 0 bridgehead atoms. The zero-order chi connectivity index (χ0) is 15.2. The van der Waals surface area contributed by atoms with Crippen LogP contribution >= 0.6 is 0 Å². The Morgan fingerprint density at radius 3 is 2.90 bits per heavy atom. The fourth-order valence-corrected chi connectivity index (χ4v) is 2.36. The molecule has 2 heterocycles. The number of nitrogens with zero attached hydrogens (tertiary/aromatic N) is 4. The van der Waals surface area contributed by atoms with E-state index in [0.29, 0.717) is 12.2 Å². The minimum absolute atomic E-state index is 0.468. The lowest BCUT2D eigenvalue weighted by Crippen LogP contribution is -2.15. The number of rotatable bonds is 6. The molecule has 0 aliphatic rings. The Balaban J connectivity index is 2.21. The molecule has 5 heteroatoms. The summed E-state index contributed by atoms with van der Waals surface area (Å²) in [5, 5.41) is 17.1. The second-order valence-electron chi connectivity index (χ2n) is 5.11. The molecule has 5 nitrogen and oxygen atoms in total. The van der Waals surface area contributed by atoms with Gasteiger partial charge in [0.05, 0.1) is 12.2 Å². The Bertz CT molecular complexity index is 651. The van der Waals surface area contributed by atoms with Crippen LogP contribution in [0.15, 0.2) is 18.3 Å². The van der Waals surface area contributed by atoms with Gasteiger partial charge >= 0.3 is 0 Å². The van der Waals surface area contributed by atoms with Crippen LogP contribution in [0.4, 0.5) is 0 Å². The molecule has 2 rings (SSSR count). The summed E-state index contributed by atoms with van der Waals surface area (Å²) in [6, 6.07) is 5.91. The summed E-state index contributed by atoms with van der Waals surface area (Å²) in [5.41, 5.74) is 4.79. The van der Waals surface area contributed by atoms with E-state index in [4.69, 9.17) is 5.26 Å². The Morgan fingerprint density at radius 2 is 2.19 bits per heavy atom. The van der Waals surface area contributed by atoms with Gasteiger partial charge in [0, 0.05) is 29.6 Å². The molecular weight excluding hydrogens is 262 g/mol. The van der Waals surface area contributed by atoms with Crippen molar-refractivity contribution < 1.29 is 0 Å². The highest BCUT2D eigenvalue weighted by Gasteiger charge is 2.12. The highest BCUT2D eigenvalue weighted by Crippen LogP contribution is 2.15. The van der Waals surface area contributed by atoms with Crippen LogP contribution in [-0.2, 0) is 13.1 Å². The monoisotopic (exact) mass is 283 g/mol. The van der Waals surface area contributed by atoms with E-state index in [-0.39, 0.29) is 0 Å². The summed E-state index contributed by atoms with van der Waals surface area (Å²) in [6.07, 6.45) is 2.76. The first-order chi connectivity index (χ1) is 10.2. The molecule has 2 aromatic heterocycles. The average molecular weight is 283 g/mol. The van der Waals surface area contributed by atoms with Crippen LogP contribution < -0.4 is 5.32 Å². The lowest BCUT2D eigenvalue weighted by Gasteiger charge is -2.07.